The Labute approximate surface area is 148 Å². The van der Waals surface area contributed by atoms with Gasteiger partial charge in [0.05, 0.1) is 10.8 Å². The highest BCUT2D eigenvalue weighted by Crippen LogP contribution is 2.38. The summed E-state index contributed by atoms with van der Waals surface area (Å²) in [4.78, 5) is 18.7. The molecule has 1 aromatic rings. The Morgan fingerprint density at radius 3 is 2.56 bits per heavy atom. The van der Waals surface area contributed by atoms with E-state index in [2.05, 4.69) is 15.4 Å². The largest absolute Gasteiger partial charge is 0.336 e. The zero-order valence-electron chi connectivity index (χ0n) is 15.2. The first-order chi connectivity index (χ1) is 11.7. The van der Waals surface area contributed by atoms with Crippen molar-refractivity contribution < 1.29 is 13.2 Å². The van der Waals surface area contributed by atoms with Gasteiger partial charge in [0, 0.05) is 25.9 Å². The average Bonchev–Trinajstić information content (AvgIpc) is 2.83. The Morgan fingerprint density at radius 2 is 2.04 bits per heavy atom. The third kappa shape index (κ3) is 3.51. The number of carbonyl (C=O) groups is 1. The molecule has 0 aromatic carbocycles. The van der Waals surface area contributed by atoms with Crippen LogP contribution < -0.4 is 5.32 Å². The predicted octanol–water partition coefficient (Wildman–Crippen LogP) is 1.21. The lowest BCUT2D eigenvalue weighted by molar-refractivity contribution is 0.159. The number of nitrogens with one attached hydrogen (secondary N) is 1. The number of hydrogen-bond acceptors (Lipinski definition) is 5. The summed E-state index contributed by atoms with van der Waals surface area (Å²) in [6.45, 7) is 5.24. The monoisotopic (exact) mass is 369 g/mol. The second-order valence-corrected chi connectivity index (χ2v) is 9.77. The van der Waals surface area contributed by atoms with Gasteiger partial charge in [0.1, 0.15) is 11.6 Å². The third-order valence-corrected chi connectivity index (χ3v) is 7.68. The number of aromatic nitrogens is 3. The minimum Gasteiger partial charge on any atom is -0.336 e. The molecule has 25 heavy (non-hydrogen) atoms. The van der Waals surface area contributed by atoms with Gasteiger partial charge in [-0.05, 0) is 39.5 Å². The molecule has 8 nitrogen and oxygen atoms in total. The van der Waals surface area contributed by atoms with E-state index in [1.54, 1.807) is 4.90 Å². The summed E-state index contributed by atoms with van der Waals surface area (Å²) >= 11 is 0. The number of amides is 2. The molecule has 2 fully saturated rings. The molecule has 2 heterocycles. The van der Waals surface area contributed by atoms with E-state index in [1.165, 1.54) is 6.26 Å². The molecule has 9 heteroatoms. The summed E-state index contributed by atoms with van der Waals surface area (Å²) in [6, 6.07) is -0.0672. The molecule has 0 radical (unpaired) electrons. The molecule has 1 saturated carbocycles. The Morgan fingerprint density at radius 1 is 1.32 bits per heavy atom. The van der Waals surface area contributed by atoms with E-state index < -0.39 is 14.6 Å². The van der Waals surface area contributed by atoms with E-state index >= 15 is 0 Å². The first-order valence-corrected chi connectivity index (χ1v) is 10.7. The van der Waals surface area contributed by atoms with Gasteiger partial charge in [-0.15, -0.1) is 0 Å². The van der Waals surface area contributed by atoms with Gasteiger partial charge in [0.2, 0.25) is 0 Å². The molecule has 1 aliphatic carbocycles. The van der Waals surface area contributed by atoms with Crippen molar-refractivity contribution in [2.24, 2.45) is 0 Å². The zero-order chi connectivity index (χ0) is 18.2. The molecule has 1 saturated heterocycles. The van der Waals surface area contributed by atoms with E-state index in [0.717, 1.165) is 30.9 Å². The van der Waals surface area contributed by atoms with Crippen molar-refractivity contribution in [1.29, 1.82) is 0 Å². The number of rotatable bonds is 4. The van der Waals surface area contributed by atoms with Crippen molar-refractivity contribution in [3.05, 3.63) is 11.6 Å². The van der Waals surface area contributed by atoms with Crippen LogP contribution in [-0.2, 0) is 9.84 Å². The van der Waals surface area contributed by atoms with Gasteiger partial charge >= 0.3 is 6.03 Å². The molecule has 140 valence electrons. The van der Waals surface area contributed by atoms with Crippen molar-refractivity contribution in [1.82, 2.24) is 25.0 Å². The molecular weight excluding hydrogens is 342 g/mol. The summed E-state index contributed by atoms with van der Waals surface area (Å²) in [5, 5.41) is 7.29. The van der Waals surface area contributed by atoms with Crippen LogP contribution in [0.2, 0.25) is 0 Å². The molecular formula is C16H27N5O3S. The van der Waals surface area contributed by atoms with Gasteiger partial charge in [-0.2, -0.15) is 5.10 Å². The Hall–Kier alpha value is -1.64. The average molecular weight is 369 g/mol. The van der Waals surface area contributed by atoms with Crippen LogP contribution in [0.5, 0.6) is 0 Å². The maximum atomic E-state index is 12.6. The van der Waals surface area contributed by atoms with Crippen LogP contribution in [-0.4, -0.2) is 64.8 Å². The normalized spacial score (nSPS) is 23.2. The number of carbonyl (C=O) groups excluding carboxylic acids is 1. The fourth-order valence-corrected chi connectivity index (χ4v) is 5.18. The molecule has 1 aromatic heterocycles. The smallest absolute Gasteiger partial charge is 0.317 e. The molecule has 1 atom stereocenters. The number of urea groups is 1. The molecule has 1 aliphatic heterocycles. The molecule has 1 unspecified atom stereocenters. The number of sulfone groups is 1. The SMILES string of the molecule is Cc1nc(C)n(C2CCCN(C(=O)NCC3(S(C)(=O)=O)CCC3)C2)n1. The Kier molecular flexibility index (Phi) is 4.78. The van der Waals surface area contributed by atoms with Crippen molar-refractivity contribution in [2.75, 3.05) is 25.9 Å². The second kappa shape index (κ2) is 6.59. The van der Waals surface area contributed by atoms with E-state index in [4.69, 9.17) is 0 Å². The summed E-state index contributed by atoms with van der Waals surface area (Å²) in [6.07, 6.45) is 5.29. The first kappa shape index (κ1) is 18.2. The Bertz CT molecular complexity index is 754. The lowest BCUT2D eigenvalue weighted by Gasteiger charge is -2.41. The number of aryl methyl sites for hydroxylation is 2. The van der Waals surface area contributed by atoms with E-state index in [1.807, 2.05) is 18.5 Å². The maximum Gasteiger partial charge on any atom is 0.317 e. The van der Waals surface area contributed by atoms with Gasteiger partial charge in [-0.3, -0.25) is 0 Å². The van der Waals surface area contributed by atoms with E-state index in [-0.39, 0.29) is 18.6 Å². The fraction of sp³-hybridized carbons (Fsp3) is 0.812. The van der Waals surface area contributed by atoms with Crippen LogP contribution in [0.25, 0.3) is 0 Å². The number of likely N-dealkylation sites (tertiary alicyclic amines) is 1. The maximum absolute atomic E-state index is 12.6. The standard InChI is InChI=1S/C16H27N5O3S/c1-12-18-13(2)21(19-12)14-6-4-9-20(10-14)15(22)17-11-16(7-5-8-16)25(3,23)24/h14H,4-11H2,1-3H3,(H,17,22). The van der Waals surface area contributed by atoms with Crippen molar-refractivity contribution in [2.45, 2.75) is 56.7 Å². The molecule has 2 aliphatic rings. The molecule has 1 N–H and O–H groups in total. The van der Waals surface area contributed by atoms with E-state index in [0.29, 0.717) is 25.9 Å². The number of hydrogen-bond donors (Lipinski definition) is 1. The summed E-state index contributed by atoms with van der Waals surface area (Å²) in [5.74, 6) is 1.59. The van der Waals surface area contributed by atoms with Crippen molar-refractivity contribution >= 4 is 15.9 Å². The quantitative estimate of drug-likeness (QED) is 0.860. The number of nitrogens with zero attached hydrogens (tertiary/aromatic N) is 4. The minimum absolute atomic E-state index is 0.119. The lowest BCUT2D eigenvalue weighted by Crippen LogP contribution is -2.56. The topological polar surface area (TPSA) is 97.2 Å². The molecule has 0 spiro atoms. The van der Waals surface area contributed by atoms with Crippen LogP contribution >= 0.6 is 0 Å². The van der Waals surface area contributed by atoms with Crippen LogP contribution in [0, 0.1) is 13.8 Å². The first-order valence-electron chi connectivity index (χ1n) is 8.84. The minimum atomic E-state index is -3.17. The van der Waals surface area contributed by atoms with Gasteiger partial charge in [0.15, 0.2) is 9.84 Å². The van der Waals surface area contributed by atoms with E-state index in [9.17, 15) is 13.2 Å². The molecule has 0 bridgehead atoms. The highest BCUT2D eigenvalue weighted by Gasteiger charge is 2.46. The van der Waals surface area contributed by atoms with Gasteiger partial charge in [-0.25, -0.2) is 22.9 Å². The Balaban J connectivity index is 1.62. The van der Waals surface area contributed by atoms with Crippen molar-refractivity contribution in [3.8, 4) is 0 Å². The number of piperidine rings is 1. The lowest BCUT2D eigenvalue weighted by atomic mass is 9.84. The highest BCUT2D eigenvalue weighted by atomic mass is 32.2. The van der Waals surface area contributed by atoms with Gasteiger partial charge in [0.25, 0.3) is 0 Å². The molecule has 2 amide bonds. The van der Waals surface area contributed by atoms with Crippen molar-refractivity contribution in [3.63, 3.8) is 0 Å². The summed E-state index contributed by atoms with van der Waals surface area (Å²) in [7, 11) is -3.17. The molecule has 3 rings (SSSR count). The highest BCUT2D eigenvalue weighted by molar-refractivity contribution is 7.92. The van der Waals surface area contributed by atoms with Gasteiger partial charge < -0.3 is 10.2 Å². The summed E-state index contributed by atoms with van der Waals surface area (Å²) < 4.78 is 25.2. The van der Waals surface area contributed by atoms with Crippen LogP contribution in [0.15, 0.2) is 0 Å². The van der Waals surface area contributed by atoms with Crippen LogP contribution in [0.1, 0.15) is 49.8 Å². The third-order valence-electron chi connectivity index (χ3n) is 5.55. The fourth-order valence-electron chi connectivity index (χ4n) is 3.82. The van der Waals surface area contributed by atoms with Gasteiger partial charge in [-0.1, -0.05) is 6.42 Å². The van der Waals surface area contributed by atoms with Crippen LogP contribution in [0.3, 0.4) is 0 Å². The van der Waals surface area contributed by atoms with Crippen LogP contribution in [0.4, 0.5) is 4.79 Å². The second-order valence-electron chi connectivity index (χ2n) is 7.36. The predicted molar refractivity (Wildman–Crippen MR) is 94.2 cm³/mol. The summed E-state index contributed by atoms with van der Waals surface area (Å²) in [5.41, 5.74) is 0. The zero-order valence-corrected chi connectivity index (χ0v) is 16.0.